The summed E-state index contributed by atoms with van der Waals surface area (Å²) in [5.41, 5.74) is 3.16. The lowest BCUT2D eigenvalue weighted by Crippen LogP contribution is -2.38. The Bertz CT molecular complexity index is 949. The number of hydrogen-bond donors (Lipinski definition) is 1. The van der Waals surface area contributed by atoms with Gasteiger partial charge in [-0.25, -0.2) is 4.39 Å². The molecule has 2 atom stereocenters. The van der Waals surface area contributed by atoms with Crippen molar-refractivity contribution in [3.63, 3.8) is 0 Å². The van der Waals surface area contributed by atoms with Crippen molar-refractivity contribution in [2.45, 2.75) is 38.0 Å². The maximum Gasteiger partial charge on any atom is 0.225 e. The number of ketones is 1. The van der Waals surface area contributed by atoms with Crippen molar-refractivity contribution in [1.82, 2.24) is 5.32 Å². The molecule has 0 bridgehead atoms. The monoisotopic (exact) mass is 379 g/mol. The van der Waals surface area contributed by atoms with Crippen LogP contribution in [0.25, 0.3) is 0 Å². The molecule has 4 nitrogen and oxygen atoms in total. The topological polar surface area (TPSA) is 55.4 Å². The summed E-state index contributed by atoms with van der Waals surface area (Å²) in [6.07, 6.45) is 1.15. The molecule has 0 saturated heterocycles. The zero-order valence-electron chi connectivity index (χ0n) is 15.7. The number of carbonyl (C=O) groups excluding carboxylic acids is 2. The predicted octanol–water partition coefficient (Wildman–Crippen LogP) is 4.23. The first kappa shape index (κ1) is 18.4. The fourth-order valence-electron chi connectivity index (χ4n) is 4.25. The first-order chi connectivity index (χ1) is 13.6. The molecule has 2 aromatic carbocycles. The molecular weight excluding hydrogens is 357 g/mol. The van der Waals surface area contributed by atoms with Crippen molar-refractivity contribution in [2.75, 3.05) is 6.61 Å². The van der Waals surface area contributed by atoms with Crippen LogP contribution in [0.5, 0.6) is 5.75 Å². The quantitative estimate of drug-likeness (QED) is 0.865. The summed E-state index contributed by atoms with van der Waals surface area (Å²) in [6.45, 7) is 2.43. The van der Waals surface area contributed by atoms with Crippen molar-refractivity contribution < 1.29 is 18.7 Å². The molecule has 0 unspecified atom stereocenters. The van der Waals surface area contributed by atoms with E-state index in [2.05, 4.69) is 5.32 Å². The fourth-order valence-corrected chi connectivity index (χ4v) is 4.25. The highest BCUT2D eigenvalue weighted by molar-refractivity contribution is 6.02. The Morgan fingerprint density at radius 2 is 1.79 bits per heavy atom. The number of amides is 1. The number of benzene rings is 2. The standard InChI is InChI=1S/C23H22FNO3/c1-2-28-21-6-4-3-5-17(21)18-13-22(27)25-19-11-15(12-20(26)23(18)19)14-7-9-16(24)10-8-14/h3-10,15,18H,2,11-13H2,1H3,(H,25,27)/t15-,18-/m0/s1. The molecule has 144 valence electrons. The summed E-state index contributed by atoms with van der Waals surface area (Å²) in [6, 6.07) is 13.8. The van der Waals surface area contributed by atoms with Gasteiger partial charge in [0.2, 0.25) is 5.91 Å². The minimum atomic E-state index is -0.302. The fraction of sp³-hybridized carbons (Fsp3) is 0.304. The molecule has 0 spiro atoms. The van der Waals surface area contributed by atoms with Crippen molar-refractivity contribution in [3.8, 4) is 5.75 Å². The van der Waals surface area contributed by atoms with Crippen LogP contribution in [0.1, 0.15) is 49.1 Å². The first-order valence-corrected chi connectivity index (χ1v) is 9.60. The highest BCUT2D eigenvalue weighted by Gasteiger charge is 2.39. The zero-order valence-corrected chi connectivity index (χ0v) is 15.7. The van der Waals surface area contributed by atoms with Crippen LogP contribution in [-0.2, 0) is 9.59 Å². The molecule has 2 aromatic rings. The van der Waals surface area contributed by atoms with Crippen molar-refractivity contribution in [3.05, 3.63) is 76.7 Å². The number of nitrogens with one attached hydrogen (secondary N) is 1. The van der Waals surface area contributed by atoms with E-state index in [0.29, 0.717) is 36.5 Å². The third-order valence-electron chi connectivity index (χ3n) is 5.47. The number of ether oxygens (including phenoxy) is 1. The minimum absolute atomic E-state index is 0.0341. The van der Waals surface area contributed by atoms with Crippen LogP contribution in [0, 0.1) is 5.82 Å². The lowest BCUT2D eigenvalue weighted by molar-refractivity contribution is -0.122. The third-order valence-corrected chi connectivity index (χ3v) is 5.47. The van der Waals surface area contributed by atoms with Gasteiger partial charge in [-0.1, -0.05) is 30.3 Å². The van der Waals surface area contributed by atoms with Gasteiger partial charge in [0.1, 0.15) is 11.6 Å². The second-order valence-corrected chi connectivity index (χ2v) is 7.25. The Morgan fingerprint density at radius 1 is 1.04 bits per heavy atom. The van der Waals surface area contributed by atoms with Gasteiger partial charge in [0.05, 0.1) is 6.61 Å². The number of hydrogen-bond acceptors (Lipinski definition) is 3. The van der Waals surface area contributed by atoms with E-state index in [1.807, 2.05) is 31.2 Å². The highest BCUT2D eigenvalue weighted by Crippen LogP contribution is 2.44. The number of halogens is 1. The van der Waals surface area contributed by atoms with Crippen LogP contribution >= 0.6 is 0 Å². The van der Waals surface area contributed by atoms with Crippen molar-refractivity contribution in [2.24, 2.45) is 0 Å². The SMILES string of the molecule is CCOc1ccccc1[C@@H]1CC(=O)NC2=C1C(=O)C[C@@H](c1ccc(F)cc1)C2. The van der Waals surface area contributed by atoms with Crippen molar-refractivity contribution >= 4 is 11.7 Å². The van der Waals surface area contributed by atoms with E-state index in [9.17, 15) is 14.0 Å². The smallest absolute Gasteiger partial charge is 0.225 e. The maximum atomic E-state index is 13.2. The van der Waals surface area contributed by atoms with Gasteiger partial charge in [0.15, 0.2) is 5.78 Å². The van der Waals surface area contributed by atoms with Crippen LogP contribution in [0.15, 0.2) is 59.8 Å². The molecule has 0 aromatic heterocycles. The van der Waals surface area contributed by atoms with Gasteiger partial charge in [0.25, 0.3) is 0 Å². The minimum Gasteiger partial charge on any atom is -0.494 e. The molecule has 28 heavy (non-hydrogen) atoms. The van der Waals surface area contributed by atoms with Gasteiger partial charge in [-0.15, -0.1) is 0 Å². The second-order valence-electron chi connectivity index (χ2n) is 7.25. The average molecular weight is 379 g/mol. The van der Waals surface area contributed by atoms with Crippen LogP contribution in [-0.4, -0.2) is 18.3 Å². The van der Waals surface area contributed by atoms with Gasteiger partial charge >= 0.3 is 0 Å². The zero-order chi connectivity index (χ0) is 19.7. The van der Waals surface area contributed by atoms with Gasteiger partial charge in [-0.3, -0.25) is 9.59 Å². The highest BCUT2D eigenvalue weighted by atomic mass is 19.1. The molecule has 0 radical (unpaired) electrons. The largest absolute Gasteiger partial charge is 0.494 e. The first-order valence-electron chi connectivity index (χ1n) is 9.60. The number of para-hydroxylation sites is 1. The number of rotatable bonds is 4. The second kappa shape index (κ2) is 7.58. The molecule has 1 aliphatic carbocycles. The summed E-state index contributed by atoms with van der Waals surface area (Å²) in [5, 5.41) is 2.92. The molecule has 1 N–H and O–H groups in total. The van der Waals surface area contributed by atoms with E-state index in [-0.39, 0.29) is 35.8 Å². The molecule has 0 saturated carbocycles. The van der Waals surface area contributed by atoms with Crippen LogP contribution in [0.2, 0.25) is 0 Å². The molecule has 1 heterocycles. The summed E-state index contributed by atoms with van der Waals surface area (Å²) >= 11 is 0. The number of Topliss-reactive ketones (excluding diaryl/α,β-unsaturated/α-hetero) is 1. The van der Waals surface area contributed by atoms with E-state index in [0.717, 1.165) is 11.1 Å². The summed E-state index contributed by atoms with van der Waals surface area (Å²) in [5.74, 6) is -0.00921. The predicted molar refractivity (Wildman–Crippen MR) is 104 cm³/mol. The average Bonchev–Trinajstić information content (AvgIpc) is 2.68. The lowest BCUT2D eigenvalue weighted by Gasteiger charge is -2.35. The van der Waals surface area contributed by atoms with Crippen LogP contribution in [0.4, 0.5) is 4.39 Å². The molecule has 1 aliphatic heterocycles. The lowest BCUT2D eigenvalue weighted by atomic mass is 9.73. The van der Waals surface area contributed by atoms with Gasteiger partial charge in [-0.2, -0.15) is 0 Å². The molecule has 5 heteroatoms. The Balaban J connectivity index is 1.72. The van der Waals surface area contributed by atoms with E-state index >= 15 is 0 Å². The Morgan fingerprint density at radius 3 is 2.54 bits per heavy atom. The number of carbonyl (C=O) groups is 2. The third kappa shape index (κ3) is 3.44. The maximum absolute atomic E-state index is 13.2. The summed E-state index contributed by atoms with van der Waals surface area (Å²) < 4.78 is 19.0. The molecule has 1 amide bonds. The van der Waals surface area contributed by atoms with Gasteiger partial charge in [0, 0.05) is 35.6 Å². The van der Waals surface area contributed by atoms with E-state index < -0.39 is 0 Å². The van der Waals surface area contributed by atoms with E-state index in [4.69, 9.17) is 4.74 Å². The van der Waals surface area contributed by atoms with Crippen molar-refractivity contribution in [1.29, 1.82) is 0 Å². The van der Waals surface area contributed by atoms with Crippen LogP contribution in [0.3, 0.4) is 0 Å². The molecule has 0 fully saturated rings. The van der Waals surface area contributed by atoms with E-state index in [1.54, 1.807) is 12.1 Å². The normalized spacial score (nSPS) is 21.9. The Kier molecular flexibility index (Phi) is 4.99. The Hall–Kier alpha value is -2.95. The summed E-state index contributed by atoms with van der Waals surface area (Å²) in [7, 11) is 0. The Labute approximate surface area is 163 Å². The molecule has 2 aliphatic rings. The molecular formula is C23H22FNO3. The van der Waals surface area contributed by atoms with Gasteiger partial charge in [-0.05, 0) is 43.0 Å². The molecule has 4 rings (SSSR count). The number of allylic oxidation sites excluding steroid dienone is 2. The summed E-state index contributed by atoms with van der Waals surface area (Å²) in [4.78, 5) is 25.5. The van der Waals surface area contributed by atoms with Gasteiger partial charge < -0.3 is 10.1 Å². The van der Waals surface area contributed by atoms with Crippen LogP contribution < -0.4 is 10.1 Å². The van der Waals surface area contributed by atoms with E-state index in [1.165, 1.54) is 12.1 Å².